The molecule has 6 heteroatoms. The molecule has 0 saturated heterocycles. The number of halogens is 1. The zero-order chi connectivity index (χ0) is 20.2. The lowest BCUT2D eigenvalue weighted by atomic mass is 9.52. The number of rotatable bonds is 8. The predicted octanol–water partition coefficient (Wildman–Crippen LogP) is 3.06. The number of hydrogen-bond acceptors (Lipinski definition) is 3. The summed E-state index contributed by atoms with van der Waals surface area (Å²) in [5, 5.41) is 0. The first kappa shape index (κ1) is 19.6. The van der Waals surface area contributed by atoms with E-state index in [4.69, 9.17) is 16.2 Å². The molecule has 0 unspecified atom stereocenters. The van der Waals surface area contributed by atoms with Gasteiger partial charge in [-0.2, -0.15) is 0 Å². The van der Waals surface area contributed by atoms with Gasteiger partial charge >= 0.3 is 0 Å². The lowest BCUT2D eigenvalue weighted by molar-refractivity contribution is -0.144. The largest absolute Gasteiger partial charge is 0.382 e. The quantitative estimate of drug-likeness (QED) is 0.474. The van der Waals surface area contributed by atoms with Crippen LogP contribution in [0.2, 0.25) is 0 Å². The number of hydrogen-bond donors (Lipinski definition) is 2. The molecule has 3 aliphatic rings. The second-order valence-corrected chi connectivity index (χ2v) is 9.30. The van der Waals surface area contributed by atoms with E-state index in [0.29, 0.717) is 26.1 Å². The second kappa shape index (κ2) is 6.70. The summed E-state index contributed by atoms with van der Waals surface area (Å²) < 4.78 is 6.44. The third kappa shape index (κ3) is 2.28. The Hall–Kier alpha value is -1.66. The van der Waals surface area contributed by atoms with Crippen LogP contribution in [0, 0.1) is 22.7 Å². The number of benzene rings is 1. The Labute approximate surface area is 174 Å². The maximum Gasteiger partial charge on any atom is 0.229 e. The number of carbonyl (C=O) groups is 2. The van der Waals surface area contributed by atoms with Crippen molar-refractivity contribution in [3.63, 3.8) is 0 Å². The minimum Gasteiger partial charge on any atom is -0.382 e. The molecule has 1 aromatic carbocycles. The highest BCUT2D eigenvalue weighted by atomic mass is 79.9. The highest BCUT2D eigenvalue weighted by molar-refractivity contribution is 9.10. The van der Waals surface area contributed by atoms with Gasteiger partial charge in [0.2, 0.25) is 11.8 Å². The third-order valence-electron chi connectivity index (χ3n) is 7.46. The molecule has 2 amide bonds. The van der Waals surface area contributed by atoms with Gasteiger partial charge in [0.1, 0.15) is 0 Å². The summed E-state index contributed by atoms with van der Waals surface area (Å²) >= 11 is 3.46. The van der Waals surface area contributed by atoms with Crippen molar-refractivity contribution in [1.82, 2.24) is 0 Å². The van der Waals surface area contributed by atoms with Crippen LogP contribution in [-0.4, -0.2) is 25.0 Å². The fraction of sp³-hybridized carbons (Fsp3) is 0.545. The fourth-order valence-corrected chi connectivity index (χ4v) is 6.67. The SMILES string of the molecule is CCOCCC[C@@]1(C(N)=O)[C@@H]2C=C[C@@H](C23CC3)[C@@]1(C(N)=O)c1ccc(Br)cc1. The Balaban J connectivity index is 1.92. The molecule has 0 radical (unpaired) electrons. The smallest absolute Gasteiger partial charge is 0.229 e. The molecule has 150 valence electrons. The molecule has 4 rings (SSSR count). The molecule has 4 atom stereocenters. The van der Waals surface area contributed by atoms with Crippen molar-refractivity contribution in [2.24, 2.45) is 34.1 Å². The van der Waals surface area contributed by atoms with Gasteiger partial charge in [0, 0.05) is 23.6 Å². The molecule has 3 aliphatic carbocycles. The van der Waals surface area contributed by atoms with Crippen LogP contribution in [0.25, 0.3) is 0 Å². The van der Waals surface area contributed by atoms with Crippen molar-refractivity contribution >= 4 is 27.7 Å². The topological polar surface area (TPSA) is 95.4 Å². The summed E-state index contributed by atoms with van der Waals surface area (Å²) in [6.45, 7) is 3.10. The predicted molar refractivity (Wildman–Crippen MR) is 110 cm³/mol. The molecule has 0 aromatic heterocycles. The second-order valence-electron chi connectivity index (χ2n) is 8.39. The zero-order valence-electron chi connectivity index (χ0n) is 16.1. The van der Waals surface area contributed by atoms with Crippen LogP contribution in [0.1, 0.15) is 38.2 Å². The van der Waals surface area contributed by atoms with E-state index in [1.807, 2.05) is 31.2 Å². The molecular formula is C22H27BrN2O3. The first-order valence-electron chi connectivity index (χ1n) is 10.00. The molecule has 1 aromatic rings. The molecule has 0 aliphatic heterocycles. The number of allylic oxidation sites excluding steroid dienone is 2. The van der Waals surface area contributed by atoms with Gasteiger partial charge in [-0.3, -0.25) is 9.59 Å². The van der Waals surface area contributed by atoms with Crippen LogP contribution in [0.15, 0.2) is 40.9 Å². The Morgan fingerprint density at radius 3 is 2.29 bits per heavy atom. The third-order valence-corrected chi connectivity index (χ3v) is 7.98. The number of nitrogens with two attached hydrogens (primary N) is 2. The van der Waals surface area contributed by atoms with Gasteiger partial charge in [-0.1, -0.05) is 40.2 Å². The maximum atomic E-state index is 13.3. The van der Waals surface area contributed by atoms with Gasteiger partial charge < -0.3 is 16.2 Å². The molecule has 5 nitrogen and oxygen atoms in total. The van der Waals surface area contributed by atoms with Crippen molar-refractivity contribution in [2.45, 2.75) is 38.0 Å². The van der Waals surface area contributed by atoms with Crippen LogP contribution in [0.4, 0.5) is 0 Å². The summed E-state index contributed by atoms with van der Waals surface area (Å²) in [4.78, 5) is 26.4. The normalized spacial score (nSPS) is 34.1. The van der Waals surface area contributed by atoms with Crippen molar-refractivity contribution < 1.29 is 14.3 Å². The highest BCUT2D eigenvalue weighted by Crippen LogP contribution is 2.80. The zero-order valence-corrected chi connectivity index (χ0v) is 17.7. The van der Waals surface area contributed by atoms with Crippen LogP contribution in [-0.2, 0) is 19.7 Å². The van der Waals surface area contributed by atoms with Crippen LogP contribution in [0.3, 0.4) is 0 Å². The van der Waals surface area contributed by atoms with Crippen molar-refractivity contribution in [1.29, 1.82) is 0 Å². The summed E-state index contributed by atoms with van der Waals surface area (Å²) in [5.74, 6) is -1.02. The average Bonchev–Trinajstić information content (AvgIpc) is 3.32. The van der Waals surface area contributed by atoms with Gasteiger partial charge in [0.05, 0.1) is 10.8 Å². The Bertz CT molecular complexity index is 833. The van der Waals surface area contributed by atoms with Gasteiger partial charge in [-0.25, -0.2) is 0 Å². The van der Waals surface area contributed by atoms with Gasteiger partial charge in [0.25, 0.3) is 0 Å². The Morgan fingerprint density at radius 2 is 1.75 bits per heavy atom. The number of primary amides is 2. The highest BCUT2D eigenvalue weighted by Gasteiger charge is 2.82. The van der Waals surface area contributed by atoms with Gasteiger partial charge in [-0.15, -0.1) is 0 Å². The van der Waals surface area contributed by atoms with Crippen molar-refractivity contribution in [3.8, 4) is 0 Å². The lowest BCUT2D eigenvalue weighted by Gasteiger charge is -2.48. The Morgan fingerprint density at radius 1 is 1.11 bits per heavy atom. The van der Waals surface area contributed by atoms with E-state index in [1.54, 1.807) is 0 Å². The molecule has 28 heavy (non-hydrogen) atoms. The van der Waals surface area contributed by atoms with E-state index >= 15 is 0 Å². The molecule has 1 spiro atoms. The van der Waals surface area contributed by atoms with Crippen molar-refractivity contribution in [3.05, 3.63) is 46.5 Å². The minimum absolute atomic E-state index is 0.0553. The minimum atomic E-state index is -1.12. The average molecular weight is 447 g/mol. The molecule has 0 heterocycles. The Kier molecular flexibility index (Phi) is 4.70. The summed E-state index contributed by atoms with van der Waals surface area (Å²) in [6.07, 6.45) is 7.41. The molecule has 4 N–H and O–H groups in total. The monoisotopic (exact) mass is 446 g/mol. The van der Waals surface area contributed by atoms with Crippen LogP contribution < -0.4 is 11.5 Å². The molecular weight excluding hydrogens is 420 g/mol. The summed E-state index contributed by atoms with van der Waals surface area (Å²) in [5.41, 5.74) is 10.9. The van der Waals surface area contributed by atoms with Gasteiger partial charge in [-0.05, 0) is 61.6 Å². The van der Waals surface area contributed by atoms with E-state index in [1.165, 1.54) is 0 Å². The van der Waals surface area contributed by atoms with Crippen LogP contribution >= 0.6 is 15.9 Å². The number of ether oxygens (including phenoxy) is 1. The first-order chi connectivity index (χ1) is 13.4. The first-order valence-corrected chi connectivity index (χ1v) is 10.8. The fourth-order valence-electron chi connectivity index (χ4n) is 6.40. The number of carbonyl (C=O) groups excluding carboxylic acids is 2. The standard InChI is InChI=1S/C22H27BrN2O3/c1-2-28-13-3-10-21(18(24)26)16-8-9-17(20(16)11-12-20)22(21,19(25)27)14-4-6-15(23)7-5-14/h4-9,16-17H,2-3,10-13H2,1H3,(H2,24,26)(H2,25,27)/t16-,17+,21+,22-/m1/s1. The maximum absolute atomic E-state index is 13.3. The van der Waals surface area contributed by atoms with E-state index in [2.05, 4.69) is 28.1 Å². The van der Waals surface area contributed by atoms with E-state index in [0.717, 1.165) is 22.9 Å². The number of amides is 2. The summed E-state index contributed by atoms with van der Waals surface area (Å²) in [7, 11) is 0. The summed E-state index contributed by atoms with van der Waals surface area (Å²) in [6, 6.07) is 7.64. The lowest BCUT2D eigenvalue weighted by Crippen LogP contribution is -2.62. The molecule has 2 bridgehead atoms. The molecule has 2 saturated carbocycles. The van der Waals surface area contributed by atoms with Crippen LogP contribution in [0.5, 0.6) is 0 Å². The van der Waals surface area contributed by atoms with Gasteiger partial charge in [0.15, 0.2) is 0 Å². The molecule has 2 fully saturated rings. The van der Waals surface area contributed by atoms with E-state index < -0.39 is 22.6 Å². The van der Waals surface area contributed by atoms with E-state index in [9.17, 15) is 9.59 Å². The van der Waals surface area contributed by atoms with Crippen molar-refractivity contribution in [2.75, 3.05) is 13.2 Å². The van der Waals surface area contributed by atoms with E-state index in [-0.39, 0.29) is 17.3 Å².